The van der Waals surface area contributed by atoms with Crippen LogP contribution in [-0.2, 0) is 0 Å². The molecule has 2 aliphatic rings. The Morgan fingerprint density at radius 3 is 2.27 bits per heavy atom. The first kappa shape index (κ1) is 11.4. The van der Waals surface area contributed by atoms with Crippen LogP contribution < -0.4 is 5.73 Å². The smallest absolute Gasteiger partial charge is 0.0219 e. The van der Waals surface area contributed by atoms with Crippen LogP contribution >= 0.6 is 0 Å². The van der Waals surface area contributed by atoms with Gasteiger partial charge in [0.05, 0.1) is 0 Å². The van der Waals surface area contributed by atoms with Gasteiger partial charge in [0, 0.05) is 25.2 Å². The van der Waals surface area contributed by atoms with Crippen molar-refractivity contribution in [3.05, 3.63) is 0 Å². The number of nitrogens with two attached hydrogens (primary N) is 1. The molecule has 2 heteroatoms. The van der Waals surface area contributed by atoms with Crippen LogP contribution in [0.2, 0.25) is 0 Å². The maximum atomic E-state index is 6.05. The van der Waals surface area contributed by atoms with E-state index in [4.69, 9.17) is 5.73 Å². The van der Waals surface area contributed by atoms with E-state index in [0.717, 1.165) is 11.8 Å². The molecule has 88 valence electrons. The SMILES string of the molecule is CC1CCC(CN2CCC(N)C2C)CC1. The molecule has 2 atom stereocenters. The van der Waals surface area contributed by atoms with Crippen molar-refractivity contribution in [3.63, 3.8) is 0 Å². The largest absolute Gasteiger partial charge is 0.326 e. The normalized spacial score (nSPS) is 43.4. The molecule has 0 bridgehead atoms. The molecule has 0 amide bonds. The molecule has 0 spiro atoms. The van der Waals surface area contributed by atoms with Gasteiger partial charge in [-0.3, -0.25) is 4.90 Å². The summed E-state index contributed by atoms with van der Waals surface area (Å²) in [6, 6.07) is 1.04. The molecule has 1 saturated carbocycles. The predicted octanol–water partition coefficient (Wildman–Crippen LogP) is 2.23. The highest BCUT2D eigenvalue weighted by Gasteiger charge is 2.30. The Labute approximate surface area is 94.2 Å². The Morgan fingerprint density at radius 2 is 1.73 bits per heavy atom. The van der Waals surface area contributed by atoms with Crippen LogP contribution in [0.4, 0.5) is 0 Å². The van der Waals surface area contributed by atoms with Gasteiger partial charge in [0.1, 0.15) is 0 Å². The first-order valence-electron chi connectivity index (χ1n) is 6.66. The van der Waals surface area contributed by atoms with E-state index in [0.29, 0.717) is 12.1 Å². The summed E-state index contributed by atoms with van der Waals surface area (Å²) in [5.41, 5.74) is 6.05. The van der Waals surface area contributed by atoms with Crippen molar-refractivity contribution in [2.24, 2.45) is 17.6 Å². The van der Waals surface area contributed by atoms with Crippen LogP contribution in [0, 0.1) is 11.8 Å². The Bertz CT molecular complexity index is 197. The lowest BCUT2D eigenvalue weighted by atomic mass is 9.83. The van der Waals surface area contributed by atoms with Crippen LogP contribution in [0.3, 0.4) is 0 Å². The van der Waals surface area contributed by atoms with Crippen molar-refractivity contribution < 1.29 is 0 Å². The fourth-order valence-electron chi connectivity index (χ4n) is 3.13. The third-order valence-electron chi connectivity index (χ3n) is 4.57. The molecule has 2 unspecified atom stereocenters. The summed E-state index contributed by atoms with van der Waals surface area (Å²) in [6.07, 6.45) is 6.97. The minimum absolute atomic E-state index is 0.424. The van der Waals surface area contributed by atoms with Crippen molar-refractivity contribution >= 4 is 0 Å². The average molecular weight is 210 g/mol. The molecule has 2 nitrogen and oxygen atoms in total. The van der Waals surface area contributed by atoms with Gasteiger partial charge in [-0.05, 0) is 38.0 Å². The summed E-state index contributed by atoms with van der Waals surface area (Å²) in [4.78, 5) is 2.62. The third kappa shape index (κ3) is 2.73. The van der Waals surface area contributed by atoms with E-state index in [1.807, 2.05) is 0 Å². The van der Waals surface area contributed by atoms with E-state index in [2.05, 4.69) is 18.7 Å². The lowest BCUT2D eigenvalue weighted by molar-refractivity contribution is 0.176. The first-order chi connectivity index (χ1) is 7.16. The lowest BCUT2D eigenvalue weighted by Crippen LogP contribution is -2.39. The Kier molecular flexibility index (Phi) is 3.68. The van der Waals surface area contributed by atoms with Crippen molar-refractivity contribution in [1.29, 1.82) is 0 Å². The number of hydrogen-bond acceptors (Lipinski definition) is 2. The number of hydrogen-bond donors (Lipinski definition) is 1. The molecular weight excluding hydrogens is 184 g/mol. The summed E-state index contributed by atoms with van der Waals surface area (Å²) in [5, 5.41) is 0. The summed E-state index contributed by atoms with van der Waals surface area (Å²) >= 11 is 0. The van der Waals surface area contributed by atoms with E-state index in [1.54, 1.807) is 0 Å². The molecule has 2 fully saturated rings. The van der Waals surface area contributed by atoms with Gasteiger partial charge in [0.15, 0.2) is 0 Å². The summed E-state index contributed by atoms with van der Waals surface area (Å²) in [7, 11) is 0. The monoisotopic (exact) mass is 210 g/mol. The second-order valence-corrected chi connectivity index (χ2v) is 5.81. The van der Waals surface area contributed by atoms with Crippen LogP contribution in [0.5, 0.6) is 0 Å². The highest BCUT2D eigenvalue weighted by Crippen LogP contribution is 2.30. The fraction of sp³-hybridized carbons (Fsp3) is 1.00. The van der Waals surface area contributed by atoms with E-state index >= 15 is 0 Å². The highest BCUT2D eigenvalue weighted by atomic mass is 15.2. The van der Waals surface area contributed by atoms with Crippen LogP contribution in [0.15, 0.2) is 0 Å². The molecule has 2 N–H and O–H groups in total. The molecular formula is C13H26N2. The summed E-state index contributed by atoms with van der Waals surface area (Å²) in [5.74, 6) is 1.92. The van der Waals surface area contributed by atoms with Gasteiger partial charge in [0.25, 0.3) is 0 Å². The standard InChI is InChI=1S/C13H26N2/c1-10-3-5-12(6-4-10)9-15-8-7-13(14)11(15)2/h10-13H,3-9,14H2,1-2H3. The molecule has 1 saturated heterocycles. The zero-order chi connectivity index (χ0) is 10.8. The topological polar surface area (TPSA) is 29.3 Å². The average Bonchev–Trinajstić information content (AvgIpc) is 2.53. The van der Waals surface area contributed by atoms with E-state index < -0.39 is 0 Å². The molecule has 2 rings (SSSR count). The minimum Gasteiger partial charge on any atom is -0.326 e. The Hall–Kier alpha value is -0.0800. The fourth-order valence-corrected chi connectivity index (χ4v) is 3.13. The van der Waals surface area contributed by atoms with Crippen molar-refractivity contribution in [2.75, 3.05) is 13.1 Å². The molecule has 1 aliphatic heterocycles. The molecule has 0 radical (unpaired) electrons. The number of nitrogens with zero attached hydrogens (tertiary/aromatic N) is 1. The second kappa shape index (κ2) is 4.84. The summed E-state index contributed by atoms with van der Waals surface area (Å²) < 4.78 is 0. The lowest BCUT2D eigenvalue weighted by Gasteiger charge is -2.32. The zero-order valence-corrected chi connectivity index (χ0v) is 10.3. The first-order valence-corrected chi connectivity index (χ1v) is 6.66. The molecule has 0 aromatic carbocycles. The Balaban J connectivity index is 1.77. The van der Waals surface area contributed by atoms with Gasteiger partial charge >= 0.3 is 0 Å². The van der Waals surface area contributed by atoms with Gasteiger partial charge in [0.2, 0.25) is 0 Å². The second-order valence-electron chi connectivity index (χ2n) is 5.81. The van der Waals surface area contributed by atoms with Gasteiger partial charge in [-0.15, -0.1) is 0 Å². The highest BCUT2D eigenvalue weighted by molar-refractivity contribution is 4.88. The van der Waals surface area contributed by atoms with E-state index in [-0.39, 0.29) is 0 Å². The van der Waals surface area contributed by atoms with Gasteiger partial charge in [-0.25, -0.2) is 0 Å². The van der Waals surface area contributed by atoms with Crippen molar-refractivity contribution in [3.8, 4) is 0 Å². The maximum absolute atomic E-state index is 6.05. The third-order valence-corrected chi connectivity index (χ3v) is 4.57. The quantitative estimate of drug-likeness (QED) is 0.757. The van der Waals surface area contributed by atoms with E-state index in [9.17, 15) is 0 Å². The number of likely N-dealkylation sites (tertiary alicyclic amines) is 1. The van der Waals surface area contributed by atoms with Gasteiger partial charge in [-0.2, -0.15) is 0 Å². The molecule has 15 heavy (non-hydrogen) atoms. The van der Waals surface area contributed by atoms with Gasteiger partial charge in [-0.1, -0.05) is 19.8 Å². The van der Waals surface area contributed by atoms with E-state index in [1.165, 1.54) is 45.2 Å². The van der Waals surface area contributed by atoms with Gasteiger partial charge < -0.3 is 5.73 Å². The molecule has 1 heterocycles. The predicted molar refractivity (Wildman–Crippen MR) is 64.7 cm³/mol. The van der Waals surface area contributed by atoms with Crippen molar-refractivity contribution in [2.45, 2.75) is 58.0 Å². The Morgan fingerprint density at radius 1 is 1.07 bits per heavy atom. The molecule has 0 aromatic rings. The molecule has 1 aliphatic carbocycles. The maximum Gasteiger partial charge on any atom is 0.0219 e. The van der Waals surface area contributed by atoms with Crippen LogP contribution in [0.25, 0.3) is 0 Å². The van der Waals surface area contributed by atoms with Crippen molar-refractivity contribution in [1.82, 2.24) is 4.90 Å². The molecule has 0 aromatic heterocycles. The summed E-state index contributed by atoms with van der Waals surface area (Å²) in [6.45, 7) is 7.23. The van der Waals surface area contributed by atoms with Crippen LogP contribution in [-0.4, -0.2) is 30.1 Å². The minimum atomic E-state index is 0.424. The zero-order valence-electron chi connectivity index (χ0n) is 10.3. The number of rotatable bonds is 2. The van der Waals surface area contributed by atoms with Crippen LogP contribution in [0.1, 0.15) is 46.0 Å².